The maximum absolute atomic E-state index is 13.9. The van der Waals surface area contributed by atoms with Crippen molar-refractivity contribution in [2.24, 2.45) is 0 Å². The molecule has 0 aromatic heterocycles. The molecule has 0 bridgehead atoms. The molecule has 1 amide bonds. The van der Waals surface area contributed by atoms with Crippen molar-refractivity contribution >= 4 is 11.7 Å². The van der Waals surface area contributed by atoms with E-state index >= 15 is 0 Å². The number of nitrogens with zero attached hydrogens (tertiary/aromatic N) is 2. The molecule has 0 spiro atoms. The minimum Gasteiger partial charge on any atom is -0.493 e. The molecule has 1 saturated heterocycles. The topological polar surface area (TPSA) is 68.3 Å². The van der Waals surface area contributed by atoms with Gasteiger partial charge in [0.05, 0.1) is 21.3 Å². The highest BCUT2D eigenvalue weighted by Crippen LogP contribution is 2.38. The molecule has 1 unspecified atom stereocenters. The summed E-state index contributed by atoms with van der Waals surface area (Å²) in [7, 11) is 4.35. The number of ether oxygens (including phenoxy) is 3. The fourth-order valence-electron chi connectivity index (χ4n) is 6.49. The van der Waals surface area contributed by atoms with Crippen molar-refractivity contribution in [3.63, 3.8) is 0 Å². The molecular formula is C39H41F3N2O5. The highest BCUT2D eigenvalue weighted by atomic mass is 19.1. The van der Waals surface area contributed by atoms with E-state index in [9.17, 15) is 22.8 Å². The van der Waals surface area contributed by atoms with Crippen LogP contribution >= 0.6 is 0 Å². The molecular weight excluding hydrogens is 633 g/mol. The normalized spacial score (nSPS) is 14.9. The van der Waals surface area contributed by atoms with Gasteiger partial charge in [-0.3, -0.25) is 14.5 Å². The summed E-state index contributed by atoms with van der Waals surface area (Å²) in [5, 5.41) is 0. The van der Waals surface area contributed by atoms with Crippen molar-refractivity contribution < 1.29 is 37.0 Å². The Morgan fingerprint density at radius 3 is 1.84 bits per heavy atom. The number of benzene rings is 4. The number of hydrogen-bond donors (Lipinski definition) is 0. The molecule has 4 aromatic carbocycles. The lowest BCUT2D eigenvalue weighted by Crippen LogP contribution is -2.48. The summed E-state index contributed by atoms with van der Waals surface area (Å²) in [6.45, 7) is 1.32. The van der Waals surface area contributed by atoms with Gasteiger partial charge < -0.3 is 19.1 Å². The van der Waals surface area contributed by atoms with Gasteiger partial charge in [0.1, 0.15) is 17.5 Å². The molecule has 1 fully saturated rings. The first-order valence-corrected chi connectivity index (χ1v) is 16.3. The molecule has 1 heterocycles. The number of aryl methyl sites for hydroxylation is 1. The van der Waals surface area contributed by atoms with E-state index in [1.54, 1.807) is 41.3 Å². The number of rotatable bonds is 15. The van der Waals surface area contributed by atoms with Gasteiger partial charge in [0.2, 0.25) is 5.75 Å². The van der Waals surface area contributed by atoms with E-state index in [4.69, 9.17) is 14.2 Å². The Morgan fingerprint density at radius 1 is 0.776 bits per heavy atom. The predicted molar refractivity (Wildman–Crippen MR) is 181 cm³/mol. The molecule has 7 nitrogen and oxygen atoms in total. The number of methoxy groups -OCH3 is 3. The van der Waals surface area contributed by atoms with Crippen LogP contribution < -0.4 is 14.2 Å². The Morgan fingerprint density at radius 2 is 1.31 bits per heavy atom. The zero-order chi connectivity index (χ0) is 34.9. The van der Waals surface area contributed by atoms with Crippen LogP contribution in [0.2, 0.25) is 0 Å². The second-order valence-electron chi connectivity index (χ2n) is 12.2. The molecule has 5 rings (SSSR count). The summed E-state index contributed by atoms with van der Waals surface area (Å²) < 4.78 is 57.6. The number of halogens is 3. The molecule has 1 aliphatic heterocycles. The number of ketones is 1. The standard InChI is InChI=1S/C39H41F3N2O5/c1-47-35-22-29(23-36(48-2)38(35)49-3)37(45)39(46)44-20-4-5-34(44)25-43(24-28-10-17-32(42)18-11-28)33(21-27-8-15-31(41)16-9-27)19-12-26-6-13-30(40)14-7-26/h6-11,13-18,22-23,33-34H,4-5,12,19-21,24-25H2,1-3H3/t33?,34-/m0/s1. The first-order chi connectivity index (χ1) is 23.7. The Labute approximate surface area is 285 Å². The molecule has 258 valence electrons. The molecule has 2 atom stereocenters. The van der Waals surface area contributed by atoms with Crippen LogP contribution in [0.1, 0.15) is 46.3 Å². The summed E-state index contributed by atoms with van der Waals surface area (Å²) in [4.78, 5) is 31.4. The predicted octanol–water partition coefficient (Wildman–Crippen LogP) is 7.05. The molecule has 1 aliphatic rings. The van der Waals surface area contributed by atoms with E-state index in [0.717, 1.165) is 23.1 Å². The van der Waals surface area contributed by atoms with Gasteiger partial charge in [-0.2, -0.15) is 0 Å². The smallest absolute Gasteiger partial charge is 0.295 e. The van der Waals surface area contributed by atoms with Gasteiger partial charge in [-0.25, -0.2) is 13.2 Å². The number of hydrogen-bond acceptors (Lipinski definition) is 6. The van der Waals surface area contributed by atoms with Crippen LogP contribution in [0.15, 0.2) is 84.9 Å². The lowest BCUT2D eigenvalue weighted by molar-refractivity contribution is -0.127. The van der Waals surface area contributed by atoms with Crippen molar-refractivity contribution in [2.75, 3.05) is 34.4 Å². The third-order valence-corrected chi connectivity index (χ3v) is 9.08. The van der Waals surface area contributed by atoms with Gasteiger partial charge in [-0.1, -0.05) is 36.4 Å². The molecule has 0 radical (unpaired) electrons. The third-order valence-electron chi connectivity index (χ3n) is 9.08. The third kappa shape index (κ3) is 9.00. The Kier molecular flexibility index (Phi) is 12.0. The summed E-state index contributed by atoms with van der Waals surface area (Å²) in [5.74, 6) is -1.43. The van der Waals surface area contributed by atoms with Crippen molar-refractivity contribution in [1.29, 1.82) is 0 Å². The van der Waals surface area contributed by atoms with Gasteiger partial charge in [-0.15, -0.1) is 0 Å². The molecule has 4 aromatic rings. The zero-order valence-corrected chi connectivity index (χ0v) is 28.0. The zero-order valence-electron chi connectivity index (χ0n) is 28.0. The monoisotopic (exact) mass is 674 g/mol. The van der Waals surface area contributed by atoms with Crippen LogP contribution in [-0.2, 0) is 24.2 Å². The van der Waals surface area contributed by atoms with Crippen LogP contribution in [0.4, 0.5) is 13.2 Å². The van der Waals surface area contributed by atoms with Crippen LogP contribution in [0, 0.1) is 17.5 Å². The van der Waals surface area contributed by atoms with Crippen molar-refractivity contribution in [3.05, 3.63) is 125 Å². The lowest BCUT2D eigenvalue weighted by atomic mass is 9.96. The average Bonchev–Trinajstić information content (AvgIpc) is 3.59. The van der Waals surface area contributed by atoms with E-state index in [1.165, 1.54) is 69.9 Å². The second kappa shape index (κ2) is 16.5. The van der Waals surface area contributed by atoms with Crippen LogP contribution in [0.5, 0.6) is 17.2 Å². The van der Waals surface area contributed by atoms with Gasteiger partial charge >= 0.3 is 0 Å². The van der Waals surface area contributed by atoms with E-state index < -0.39 is 11.7 Å². The van der Waals surface area contributed by atoms with Crippen molar-refractivity contribution in [2.45, 2.75) is 50.7 Å². The summed E-state index contributed by atoms with van der Waals surface area (Å²) in [5.41, 5.74) is 2.92. The van der Waals surface area contributed by atoms with Gasteiger partial charge in [0, 0.05) is 37.3 Å². The van der Waals surface area contributed by atoms with Gasteiger partial charge in [0.15, 0.2) is 11.5 Å². The number of carbonyl (C=O) groups excluding carboxylic acids is 2. The molecule has 0 saturated carbocycles. The maximum atomic E-state index is 13.9. The van der Waals surface area contributed by atoms with Crippen LogP contribution in [0.3, 0.4) is 0 Å². The average molecular weight is 675 g/mol. The molecule has 0 aliphatic carbocycles. The first-order valence-electron chi connectivity index (χ1n) is 16.3. The second-order valence-corrected chi connectivity index (χ2v) is 12.2. The summed E-state index contributed by atoms with van der Waals surface area (Å²) in [6.07, 6.45) is 3.32. The number of carbonyl (C=O) groups is 2. The minimum absolute atomic E-state index is 0.0936. The van der Waals surface area contributed by atoms with E-state index in [1.807, 2.05) is 0 Å². The van der Waals surface area contributed by atoms with E-state index in [-0.39, 0.29) is 46.6 Å². The Balaban J connectivity index is 1.43. The summed E-state index contributed by atoms with van der Waals surface area (Å²) in [6, 6.07) is 21.7. The fourth-order valence-corrected chi connectivity index (χ4v) is 6.49. The van der Waals surface area contributed by atoms with Gasteiger partial charge in [-0.05, 0) is 97.3 Å². The fraction of sp³-hybridized carbons (Fsp3) is 0.333. The van der Waals surface area contributed by atoms with Crippen LogP contribution in [-0.4, -0.2) is 68.0 Å². The molecule has 49 heavy (non-hydrogen) atoms. The van der Waals surface area contributed by atoms with E-state index in [2.05, 4.69) is 4.90 Å². The lowest BCUT2D eigenvalue weighted by Gasteiger charge is -2.36. The number of likely N-dealkylation sites (tertiary alicyclic amines) is 1. The van der Waals surface area contributed by atoms with Crippen molar-refractivity contribution in [3.8, 4) is 17.2 Å². The van der Waals surface area contributed by atoms with Crippen LogP contribution in [0.25, 0.3) is 0 Å². The highest BCUT2D eigenvalue weighted by Gasteiger charge is 2.36. The molecule has 10 heteroatoms. The highest BCUT2D eigenvalue weighted by molar-refractivity contribution is 6.43. The summed E-state index contributed by atoms with van der Waals surface area (Å²) >= 11 is 0. The Bertz CT molecular complexity index is 1690. The maximum Gasteiger partial charge on any atom is 0.295 e. The Hall–Kier alpha value is -4.83. The van der Waals surface area contributed by atoms with Crippen molar-refractivity contribution in [1.82, 2.24) is 9.80 Å². The molecule has 0 N–H and O–H groups in total. The SMILES string of the molecule is COc1cc(C(=O)C(=O)N2CCC[C@H]2CN(Cc2ccc(F)cc2)C(CCc2ccc(F)cc2)Cc2ccc(F)cc2)cc(OC)c1OC. The number of amides is 1. The van der Waals surface area contributed by atoms with Gasteiger partial charge in [0.25, 0.3) is 11.7 Å². The quantitative estimate of drug-likeness (QED) is 0.0995. The minimum atomic E-state index is -0.685. The van der Waals surface area contributed by atoms with E-state index in [0.29, 0.717) is 51.1 Å². The number of Topliss-reactive ketones (excluding diaryl/α,β-unsaturated/α-hetero) is 1. The largest absolute Gasteiger partial charge is 0.493 e. The first kappa shape index (κ1) is 35.5.